The van der Waals surface area contributed by atoms with E-state index in [-0.39, 0.29) is 11.8 Å². The highest BCUT2D eigenvalue weighted by Gasteiger charge is 2.26. The minimum atomic E-state index is -0.421. The fourth-order valence-corrected chi connectivity index (χ4v) is 2.58. The summed E-state index contributed by atoms with van der Waals surface area (Å²) >= 11 is 0. The number of rotatable bonds is 7. The molecule has 1 aromatic rings. The largest absolute Gasteiger partial charge is 0.383 e. The van der Waals surface area contributed by atoms with Crippen molar-refractivity contribution in [1.29, 1.82) is 0 Å². The van der Waals surface area contributed by atoms with E-state index in [1.165, 1.54) is 6.07 Å². The molecule has 1 aliphatic heterocycles. The zero-order chi connectivity index (χ0) is 17.4. The van der Waals surface area contributed by atoms with Crippen LogP contribution in [0.4, 0.5) is 9.18 Å². The number of amides is 2. The molecule has 0 radical (unpaired) electrons. The average molecular weight is 339 g/mol. The number of carbonyl (C=O) groups is 1. The molecule has 0 aliphatic carbocycles. The van der Waals surface area contributed by atoms with Crippen LogP contribution in [0.15, 0.2) is 24.3 Å². The molecule has 1 N–H and O–H groups in total. The Labute approximate surface area is 142 Å². The van der Waals surface area contributed by atoms with Crippen LogP contribution in [-0.4, -0.2) is 75.9 Å². The molecule has 6 nitrogen and oxygen atoms in total. The minimum absolute atomic E-state index is 0.139. The molecule has 0 saturated carbocycles. The Morgan fingerprint density at radius 2 is 2.25 bits per heavy atom. The van der Waals surface area contributed by atoms with Crippen LogP contribution in [-0.2, 0) is 9.47 Å². The molecule has 1 atom stereocenters. The van der Waals surface area contributed by atoms with Crippen LogP contribution in [0, 0.1) is 5.82 Å². The van der Waals surface area contributed by atoms with Crippen molar-refractivity contribution >= 4 is 6.03 Å². The number of morpholine rings is 1. The lowest BCUT2D eigenvalue weighted by Gasteiger charge is -2.33. The smallest absolute Gasteiger partial charge is 0.317 e. The molecule has 0 aromatic heterocycles. The van der Waals surface area contributed by atoms with E-state index in [2.05, 4.69) is 10.2 Å². The van der Waals surface area contributed by atoms with Gasteiger partial charge in [-0.2, -0.15) is 0 Å². The topological polar surface area (TPSA) is 54.0 Å². The molecule has 0 spiro atoms. The first-order chi connectivity index (χ1) is 11.6. The highest BCUT2D eigenvalue weighted by atomic mass is 19.1. The standard InChI is InChI=1S/C17H26FN3O3/c1-20(9-11-23-2)8-7-19-17(22)21-10-12-24-16(13-21)14-5-3-4-6-15(14)18/h3-6,16H,7-13H2,1-2H3,(H,19,22)/t16-/m0/s1. The zero-order valence-electron chi connectivity index (χ0n) is 14.3. The first-order valence-corrected chi connectivity index (χ1v) is 8.18. The summed E-state index contributed by atoms with van der Waals surface area (Å²) in [7, 11) is 3.65. The zero-order valence-corrected chi connectivity index (χ0v) is 14.3. The number of halogens is 1. The summed E-state index contributed by atoms with van der Waals surface area (Å²) in [6.07, 6.45) is -0.421. The maximum Gasteiger partial charge on any atom is 0.317 e. The van der Waals surface area contributed by atoms with Crippen molar-refractivity contribution in [3.8, 4) is 0 Å². The molecule has 1 aliphatic rings. The van der Waals surface area contributed by atoms with Crippen LogP contribution in [0.3, 0.4) is 0 Å². The van der Waals surface area contributed by atoms with Gasteiger partial charge in [-0.1, -0.05) is 18.2 Å². The molecule has 2 rings (SSSR count). The van der Waals surface area contributed by atoms with Crippen LogP contribution in [0.5, 0.6) is 0 Å². The molecular formula is C17H26FN3O3. The number of benzene rings is 1. The van der Waals surface area contributed by atoms with Gasteiger partial charge in [-0.25, -0.2) is 9.18 Å². The van der Waals surface area contributed by atoms with E-state index in [0.29, 0.717) is 38.4 Å². The van der Waals surface area contributed by atoms with Crippen molar-refractivity contribution in [3.63, 3.8) is 0 Å². The lowest BCUT2D eigenvalue weighted by molar-refractivity contribution is -0.0171. The Morgan fingerprint density at radius 3 is 3.00 bits per heavy atom. The second-order valence-electron chi connectivity index (χ2n) is 5.85. The summed E-state index contributed by atoms with van der Waals surface area (Å²) in [5.41, 5.74) is 0.495. The SMILES string of the molecule is COCCN(C)CCNC(=O)N1CCO[C@H](c2ccccc2F)C1. The lowest BCUT2D eigenvalue weighted by atomic mass is 10.1. The highest BCUT2D eigenvalue weighted by Crippen LogP contribution is 2.24. The lowest BCUT2D eigenvalue weighted by Crippen LogP contribution is -2.48. The summed E-state index contributed by atoms with van der Waals surface area (Å²) in [4.78, 5) is 16.0. The Kier molecular flexibility index (Phi) is 7.42. The van der Waals surface area contributed by atoms with Gasteiger partial charge in [0, 0.05) is 38.9 Å². The summed E-state index contributed by atoms with van der Waals surface area (Å²) in [6.45, 7) is 4.05. The monoisotopic (exact) mass is 339 g/mol. The number of hydrogen-bond donors (Lipinski definition) is 1. The van der Waals surface area contributed by atoms with Gasteiger partial charge < -0.3 is 24.6 Å². The highest BCUT2D eigenvalue weighted by molar-refractivity contribution is 5.74. The number of urea groups is 1. The number of carbonyl (C=O) groups excluding carboxylic acids is 1. The van der Waals surface area contributed by atoms with Gasteiger partial charge in [0.15, 0.2) is 0 Å². The van der Waals surface area contributed by atoms with E-state index in [1.54, 1.807) is 30.2 Å². The molecule has 134 valence electrons. The van der Waals surface area contributed by atoms with Crippen molar-refractivity contribution in [2.45, 2.75) is 6.10 Å². The Hall–Kier alpha value is -1.70. The van der Waals surface area contributed by atoms with Crippen molar-refractivity contribution in [1.82, 2.24) is 15.1 Å². The first-order valence-electron chi connectivity index (χ1n) is 8.18. The van der Waals surface area contributed by atoms with E-state index in [0.717, 1.165) is 13.1 Å². The molecule has 24 heavy (non-hydrogen) atoms. The number of nitrogens with one attached hydrogen (secondary N) is 1. The molecule has 1 heterocycles. The third-order valence-electron chi connectivity index (χ3n) is 4.05. The van der Waals surface area contributed by atoms with Crippen LogP contribution >= 0.6 is 0 Å². The van der Waals surface area contributed by atoms with Gasteiger partial charge in [0.05, 0.1) is 19.8 Å². The number of likely N-dealkylation sites (N-methyl/N-ethyl adjacent to an activating group) is 1. The molecule has 2 amide bonds. The van der Waals surface area contributed by atoms with Gasteiger partial charge in [-0.15, -0.1) is 0 Å². The third-order valence-corrected chi connectivity index (χ3v) is 4.05. The molecule has 1 fully saturated rings. The maximum absolute atomic E-state index is 13.9. The van der Waals surface area contributed by atoms with Crippen molar-refractivity contribution in [2.24, 2.45) is 0 Å². The Bertz CT molecular complexity index is 530. The van der Waals surface area contributed by atoms with Gasteiger partial charge in [-0.3, -0.25) is 0 Å². The molecule has 1 saturated heterocycles. The maximum atomic E-state index is 13.9. The Morgan fingerprint density at radius 1 is 1.46 bits per heavy atom. The molecule has 0 unspecified atom stereocenters. The predicted octanol–water partition coefficient (Wildman–Crippen LogP) is 1.49. The van der Waals surface area contributed by atoms with E-state index in [1.807, 2.05) is 7.05 Å². The van der Waals surface area contributed by atoms with Crippen LogP contribution in [0.2, 0.25) is 0 Å². The number of nitrogens with zero attached hydrogens (tertiary/aromatic N) is 2. The molecule has 0 bridgehead atoms. The summed E-state index contributed by atoms with van der Waals surface area (Å²) < 4.78 is 24.5. The van der Waals surface area contributed by atoms with Gasteiger partial charge in [0.25, 0.3) is 0 Å². The quantitative estimate of drug-likeness (QED) is 0.818. The van der Waals surface area contributed by atoms with Crippen LogP contribution in [0.25, 0.3) is 0 Å². The third kappa shape index (κ3) is 5.43. The summed E-state index contributed by atoms with van der Waals surface area (Å²) in [5, 5.41) is 2.90. The van der Waals surface area contributed by atoms with Gasteiger partial charge >= 0.3 is 6.03 Å². The van der Waals surface area contributed by atoms with Crippen molar-refractivity contribution in [2.75, 3.05) is 60.1 Å². The van der Waals surface area contributed by atoms with Crippen LogP contribution in [0.1, 0.15) is 11.7 Å². The average Bonchev–Trinajstić information content (AvgIpc) is 2.60. The second kappa shape index (κ2) is 9.56. The van der Waals surface area contributed by atoms with Crippen LogP contribution < -0.4 is 5.32 Å². The number of hydrogen-bond acceptors (Lipinski definition) is 4. The van der Waals surface area contributed by atoms with Gasteiger partial charge in [-0.05, 0) is 13.1 Å². The fourth-order valence-electron chi connectivity index (χ4n) is 2.58. The van der Waals surface area contributed by atoms with Gasteiger partial charge in [0.2, 0.25) is 0 Å². The summed E-state index contributed by atoms with van der Waals surface area (Å²) in [6, 6.07) is 6.39. The van der Waals surface area contributed by atoms with Crippen molar-refractivity contribution < 1.29 is 18.7 Å². The Balaban J connectivity index is 1.79. The normalized spacial score (nSPS) is 18.0. The molecule has 7 heteroatoms. The minimum Gasteiger partial charge on any atom is -0.383 e. The van der Waals surface area contributed by atoms with E-state index in [4.69, 9.17) is 9.47 Å². The van der Waals surface area contributed by atoms with E-state index < -0.39 is 6.10 Å². The van der Waals surface area contributed by atoms with E-state index in [9.17, 15) is 9.18 Å². The van der Waals surface area contributed by atoms with Gasteiger partial charge in [0.1, 0.15) is 11.9 Å². The second-order valence-corrected chi connectivity index (χ2v) is 5.85. The predicted molar refractivity (Wildman–Crippen MR) is 89.4 cm³/mol. The number of ether oxygens (including phenoxy) is 2. The summed E-state index contributed by atoms with van der Waals surface area (Å²) in [5.74, 6) is -0.301. The molecule has 1 aromatic carbocycles. The van der Waals surface area contributed by atoms with Crippen molar-refractivity contribution in [3.05, 3.63) is 35.6 Å². The first kappa shape index (κ1) is 18.6. The fraction of sp³-hybridized carbons (Fsp3) is 0.588. The number of methoxy groups -OCH3 is 1. The molecular weight excluding hydrogens is 313 g/mol. The van der Waals surface area contributed by atoms with E-state index >= 15 is 0 Å².